The van der Waals surface area contributed by atoms with Gasteiger partial charge >= 0.3 is 17.9 Å². The number of anilines is 1. The van der Waals surface area contributed by atoms with Gasteiger partial charge in [0.2, 0.25) is 5.43 Å². The summed E-state index contributed by atoms with van der Waals surface area (Å²) in [7, 11) is 2.24. The number of carbonyl (C=O) groups is 4. The van der Waals surface area contributed by atoms with Gasteiger partial charge < -0.3 is 33.9 Å². The first-order valence-corrected chi connectivity index (χ1v) is 33.0. The number of thioether (sulfide) groups is 2. The van der Waals surface area contributed by atoms with Gasteiger partial charge in [-0.3, -0.25) is 19.2 Å². The number of pyridine rings is 1. The zero-order chi connectivity index (χ0) is 56.2. The first-order chi connectivity index (χ1) is 37.9. The highest BCUT2D eigenvalue weighted by Crippen LogP contribution is 2.68. The van der Waals surface area contributed by atoms with E-state index in [0.29, 0.717) is 71.7 Å². The first-order valence-electron chi connectivity index (χ1n) is 31.1. The summed E-state index contributed by atoms with van der Waals surface area (Å²) in [4.78, 5) is 74.9. The van der Waals surface area contributed by atoms with Crippen LogP contribution in [0.4, 0.5) is 10.1 Å². The molecule has 12 nitrogen and oxygen atoms in total. The quantitative estimate of drug-likeness (QED) is 0.0437. The average Bonchev–Trinajstić information content (AvgIpc) is 3.08. The molecule has 9 rings (SSSR count). The van der Waals surface area contributed by atoms with E-state index in [1.807, 2.05) is 22.5 Å². The van der Waals surface area contributed by atoms with E-state index < -0.39 is 40.3 Å². The summed E-state index contributed by atoms with van der Waals surface area (Å²) in [6, 6.07) is 4.31. The lowest BCUT2D eigenvalue weighted by molar-refractivity contribution is -0.212. The predicted molar refractivity (Wildman–Crippen MR) is 317 cm³/mol. The number of aromatic nitrogens is 1. The van der Waals surface area contributed by atoms with Crippen LogP contribution in [0.25, 0.3) is 10.9 Å². The molecule has 15 heteroatoms. The Morgan fingerprint density at radius 2 is 1.54 bits per heavy atom. The van der Waals surface area contributed by atoms with Crippen LogP contribution in [-0.2, 0) is 28.6 Å². The van der Waals surface area contributed by atoms with Gasteiger partial charge in [-0.1, -0.05) is 110 Å². The highest BCUT2D eigenvalue weighted by Gasteiger charge is 2.69. The Bertz CT molecular complexity index is 2580. The Balaban J connectivity index is 0.749. The largest absolute Gasteiger partial charge is 0.461 e. The number of ketones is 1. The lowest BCUT2D eigenvalue weighted by Crippen LogP contribution is -2.63. The van der Waals surface area contributed by atoms with Crippen LogP contribution in [0.1, 0.15) is 211 Å². The second kappa shape index (κ2) is 26.0. The molecular formula is C64H95FN4O8S2. The van der Waals surface area contributed by atoms with E-state index in [4.69, 9.17) is 14.2 Å². The number of ether oxygens (including phenoxy) is 3. The third-order valence-electron chi connectivity index (χ3n) is 21.1. The monoisotopic (exact) mass is 1130 g/mol. The molecule has 79 heavy (non-hydrogen) atoms. The van der Waals surface area contributed by atoms with E-state index in [-0.39, 0.29) is 63.3 Å². The Morgan fingerprint density at radius 1 is 0.886 bits per heavy atom. The topological polar surface area (TPSA) is 136 Å². The number of piperidine rings is 1. The minimum atomic E-state index is -0.674. The minimum Gasteiger partial charge on any atom is -0.461 e. The number of hydrogen-bond donors (Lipinski definition) is 1. The van der Waals surface area contributed by atoms with E-state index >= 15 is 4.39 Å². The number of halogens is 1. The molecule has 1 aromatic heterocycles. The van der Waals surface area contributed by atoms with Crippen LogP contribution in [0, 0.1) is 39.8 Å². The molecule has 4 aliphatic heterocycles. The van der Waals surface area contributed by atoms with E-state index in [1.54, 1.807) is 17.8 Å². The number of carbonyl (C=O) groups excluding carboxylic acids is 4. The number of esters is 3. The van der Waals surface area contributed by atoms with Crippen molar-refractivity contribution < 1.29 is 37.8 Å². The van der Waals surface area contributed by atoms with Gasteiger partial charge in [-0.05, 0) is 121 Å². The molecule has 0 radical (unpaired) electrons. The number of Topliss-reactive ketones (excluding diaryl/α,β-unsaturated/α-hetero) is 1. The highest BCUT2D eigenvalue weighted by molar-refractivity contribution is 8.00. The number of benzene rings is 1. The molecule has 1 aromatic carbocycles. The lowest BCUT2D eigenvalue weighted by atomic mass is 9.44. The number of hydrogen-bond acceptors (Lipinski definition) is 13. The van der Waals surface area contributed by atoms with Crippen molar-refractivity contribution >= 4 is 63.8 Å². The zero-order valence-electron chi connectivity index (χ0n) is 49.0. The van der Waals surface area contributed by atoms with E-state index in [0.717, 1.165) is 135 Å². The predicted octanol–water partition coefficient (Wildman–Crippen LogP) is 13.4. The van der Waals surface area contributed by atoms with Crippen molar-refractivity contribution in [2.45, 2.75) is 242 Å². The third-order valence-corrected chi connectivity index (χ3v) is 23.6. The molecule has 1 N–H and O–H groups in total. The molecule has 7 aliphatic rings. The smallest absolute Gasteiger partial charge is 0.345 e. The summed E-state index contributed by atoms with van der Waals surface area (Å²) in [6.45, 7) is 20.3. The van der Waals surface area contributed by atoms with Crippen molar-refractivity contribution in [3.63, 3.8) is 0 Å². The fraction of sp³-hybridized carbons (Fsp3) is 0.766. The van der Waals surface area contributed by atoms with Crippen LogP contribution in [-0.4, -0.2) is 108 Å². The van der Waals surface area contributed by atoms with Crippen molar-refractivity contribution in [3.05, 3.63) is 46.4 Å². The molecular weight excluding hydrogens is 1040 g/mol. The van der Waals surface area contributed by atoms with Crippen molar-refractivity contribution in [2.75, 3.05) is 43.9 Å². The standard InChI is InChI=1S/C64H95FN4O8S2/c1-9-11-12-19-22-46(75-61(74)56-57(73)48-37-49(65)51(68-33-31-66-32-34-68)38-50(48)69-43(5)79-60(56)69)23-20-17-15-13-14-16-18-21-24-54(71)77-59-42(4)64-29-27-41(3)63(7,58(64)52(70)28-30-64)53(39-62(59,6)10-2)76-55(72)40-78-47-35-44-25-26-45(36-47)67(44)8/h10,37-38,41-47,53,58-59,66H,2,9,11-36,39-40H2,1,3-8H3/t41?,42-,43?,44?,45?,46?,47?,53+,58?,59-,62+,63-,64?/m1/s1. The molecule has 0 spiro atoms. The van der Waals surface area contributed by atoms with Crippen LogP contribution in [0.5, 0.6) is 0 Å². The summed E-state index contributed by atoms with van der Waals surface area (Å²) < 4.78 is 37.2. The summed E-state index contributed by atoms with van der Waals surface area (Å²) in [5.41, 5.74) is -0.852. The van der Waals surface area contributed by atoms with Crippen LogP contribution < -0.4 is 15.6 Å². The number of piperazine rings is 1. The second-order valence-electron chi connectivity index (χ2n) is 25.9. The van der Waals surface area contributed by atoms with Crippen LogP contribution in [0.15, 0.2) is 34.6 Å². The van der Waals surface area contributed by atoms with Crippen molar-refractivity contribution in [2.24, 2.45) is 34.0 Å². The second-order valence-corrected chi connectivity index (χ2v) is 28.5. The Kier molecular flexibility index (Phi) is 19.8. The van der Waals surface area contributed by atoms with Gasteiger partial charge in [-0.15, -0.1) is 18.3 Å². The minimum absolute atomic E-state index is 0.00175. The molecule has 4 bridgehead atoms. The van der Waals surface area contributed by atoms with Crippen molar-refractivity contribution in [3.8, 4) is 0 Å². The molecule has 3 aliphatic carbocycles. The Morgan fingerprint density at radius 3 is 2.20 bits per heavy atom. The molecule has 12 atom stereocenters. The average molecular weight is 1130 g/mol. The lowest BCUT2D eigenvalue weighted by Gasteiger charge is -2.62. The number of nitrogens with zero attached hydrogens (tertiary/aromatic N) is 3. The fourth-order valence-corrected chi connectivity index (χ4v) is 18.4. The maximum Gasteiger partial charge on any atom is 0.345 e. The summed E-state index contributed by atoms with van der Waals surface area (Å²) >= 11 is 3.23. The van der Waals surface area contributed by atoms with Crippen molar-refractivity contribution in [1.82, 2.24) is 14.8 Å². The molecule has 0 amide bonds. The molecule has 2 aromatic rings. The first kappa shape index (κ1) is 60.2. The van der Waals surface area contributed by atoms with E-state index in [9.17, 15) is 24.0 Å². The fourth-order valence-electron chi connectivity index (χ4n) is 16.1. The number of unbranched alkanes of at least 4 members (excludes halogenated alkanes) is 10. The number of nitrogens with one attached hydrogen (secondary N) is 1. The van der Waals surface area contributed by atoms with Gasteiger partial charge in [0.05, 0.1) is 27.4 Å². The molecule has 6 fully saturated rings. The SMILES string of the molecule is C=C[C@@]1(C)C[C@H](OC(=O)CSC2CC3CCC(C2)N3C)[C@@]2(C)C(C)CCC3(CCC(=O)C32)[C@H](C)[C@H]1OC(=O)CCCCCCCCCCC(CCCCCC)OC(=O)c1c2n(c3cc(N4CCNCC4)c(F)cc3c1=O)C(C)S2. The summed E-state index contributed by atoms with van der Waals surface area (Å²) in [6.07, 6.45) is 22.7. The Labute approximate surface area is 480 Å². The summed E-state index contributed by atoms with van der Waals surface area (Å²) in [5.74, 6) is -1.05. The van der Waals surface area contributed by atoms with Crippen LogP contribution >= 0.6 is 23.5 Å². The molecule has 7 unspecified atom stereocenters. The van der Waals surface area contributed by atoms with Gasteiger partial charge in [-0.2, -0.15) is 0 Å². The normalized spacial score (nSPS) is 32.6. The third kappa shape index (κ3) is 12.5. The van der Waals surface area contributed by atoms with Gasteiger partial charge in [0.1, 0.15) is 35.5 Å². The van der Waals surface area contributed by atoms with Gasteiger partial charge in [0, 0.05) is 84.4 Å². The molecule has 5 heterocycles. The number of rotatable bonds is 25. The van der Waals surface area contributed by atoms with Gasteiger partial charge in [-0.25, -0.2) is 9.18 Å². The van der Waals surface area contributed by atoms with Gasteiger partial charge in [0.25, 0.3) is 0 Å². The zero-order valence-corrected chi connectivity index (χ0v) is 50.7. The summed E-state index contributed by atoms with van der Waals surface area (Å²) in [5, 5.41) is 4.58. The van der Waals surface area contributed by atoms with E-state index in [1.165, 1.54) is 30.7 Å². The molecule has 438 valence electrons. The maximum atomic E-state index is 15.7. The Hall–Kier alpha value is -3.40. The molecule has 3 saturated carbocycles. The molecule has 3 saturated heterocycles. The van der Waals surface area contributed by atoms with Crippen LogP contribution in [0.2, 0.25) is 0 Å². The van der Waals surface area contributed by atoms with Crippen LogP contribution in [0.3, 0.4) is 0 Å². The highest BCUT2D eigenvalue weighted by atomic mass is 32.2. The van der Waals surface area contributed by atoms with Gasteiger partial charge in [0.15, 0.2) is 0 Å². The number of fused-ring (bicyclic) bond motifs is 5. The maximum absolute atomic E-state index is 15.7. The van der Waals surface area contributed by atoms with E-state index in [2.05, 4.69) is 58.5 Å². The van der Waals surface area contributed by atoms with Crippen molar-refractivity contribution in [1.29, 1.82) is 0 Å².